The molecule has 2 saturated carbocycles. The van der Waals surface area contributed by atoms with Crippen LogP contribution in [0.3, 0.4) is 0 Å². The third-order valence-corrected chi connectivity index (χ3v) is 10.9. The van der Waals surface area contributed by atoms with Gasteiger partial charge < -0.3 is 56.9 Å². The lowest BCUT2D eigenvalue weighted by molar-refractivity contribution is -0.917. The van der Waals surface area contributed by atoms with Gasteiger partial charge in [-0.25, -0.2) is 0 Å². The molecule has 4 rings (SSSR count). The summed E-state index contributed by atoms with van der Waals surface area (Å²) in [5.74, 6) is 6.16. The summed E-state index contributed by atoms with van der Waals surface area (Å²) < 4.78 is 2.75. The second-order valence-corrected chi connectivity index (χ2v) is 14.1. The molecule has 4 heteroatoms. The van der Waals surface area contributed by atoms with Crippen LogP contribution in [0, 0.1) is 35.5 Å². The van der Waals surface area contributed by atoms with Crippen molar-refractivity contribution in [3.05, 3.63) is 0 Å². The van der Waals surface area contributed by atoms with E-state index in [-0.39, 0.29) is 48.0 Å². The van der Waals surface area contributed by atoms with Crippen molar-refractivity contribution in [2.75, 3.05) is 53.4 Å². The van der Waals surface area contributed by atoms with Crippen molar-refractivity contribution in [1.29, 1.82) is 0 Å². The van der Waals surface area contributed by atoms with Gasteiger partial charge in [0, 0.05) is 11.8 Å². The monoisotopic (exact) mass is 700 g/mol. The molecular weight excluding hydrogens is 642 g/mol. The zero-order valence-electron chi connectivity index (χ0n) is 23.3. The number of likely N-dealkylation sites (tertiary alicyclic amines) is 2. The average molecular weight is 701 g/mol. The van der Waals surface area contributed by atoms with Crippen LogP contribution in [-0.4, -0.2) is 62.3 Å². The molecule has 2 aliphatic heterocycles. The van der Waals surface area contributed by atoms with Gasteiger partial charge in [0.1, 0.15) is 0 Å². The maximum atomic E-state index is 2.55. The Morgan fingerprint density at radius 3 is 1.21 bits per heavy atom. The van der Waals surface area contributed by atoms with Crippen LogP contribution in [0.1, 0.15) is 104 Å². The first kappa shape index (κ1) is 31.6. The van der Waals surface area contributed by atoms with Crippen molar-refractivity contribution < 1.29 is 56.9 Å². The Morgan fingerprint density at radius 1 is 0.529 bits per heavy atom. The molecule has 4 atom stereocenters. The fraction of sp³-hybridized carbons (Fsp3) is 1.00. The van der Waals surface area contributed by atoms with Crippen molar-refractivity contribution >= 4 is 0 Å². The lowest BCUT2D eigenvalue weighted by Crippen LogP contribution is -3.00. The summed E-state index contributed by atoms with van der Waals surface area (Å²) in [4.78, 5) is 0. The van der Waals surface area contributed by atoms with Crippen LogP contribution in [0.25, 0.3) is 0 Å². The average Bonchev–Trinajstić information content (AvgIpc) is 2.77. The minimum Gasteiger partial charge on any atom is -1.00 e. The number of hydrogen-bond acceptors (Lipinski definition) is 0. The van der Waals surface area contributed by atoms with Gasteiger partial charge in [0.2, 0.25) is 0 Å². The predicted octanol–water partition coefficient (Wildman–Crippen LogP) is 1.14. The van der Waals surface area contributed by atoms with E-state index in [1.54, 1.807) is 51.4 Å². The lowest BCUT2D eigenvalue weighted by atomic mass is 9.68. The third kappa shape index (κ3) is 9.29. The van der Waals surface area contributed by atoms with E-state index in [0.29, 0.717) is 0 Å². The van der Waals surface area contributed by atoms with Crippen molar-refractivity contribution in [3.63, 3.8) is 0 Å². The molecule has 2 heterocycles. The first-order valence-corrected chi connectivity index (χ1v) is 15.0. The van der Waals surface area contributed by atoms with Gasteiger partial charge in [-0.15, -0.1) is 0 Å². The molecule has 0 bridgehead atoms. The molecule has 0 N–H and O–H groups in total. The van der Waals surface area contributed by atoms with Crippen LogP contribution in [-0.2, 0) is 0 Å². The molecule has 0 radical (unpaired) electrons. The molecule has 2 aliphatic carbocycles. The normalized spacial score (nSPS) is 43.4. The molecule has 0 amide bonds. The number of rotatable bonds is 7. The Kier molecular flexibility index (Phi) is 13.5. The minimum atomic E-state index is 0. The molecule has 0 aromatic heterocycles. The number of halogens is 2. The smallest absolute Gasteiger partial charge is 0.0810 e. The van der Waals surface area contributed by atoms with Crippen molar-refractivity contribution in [2.24, 2.45) is 35.5 Å². The minimum absolute atomic E-state index is 0. The highest BCUT2D eigenvalue weighted by atomic mass is 127. The number of nitrogens with zero attached hydrogens (tertiary/aromatic N) is 2. The van der Waals surface area contributed by atoms with E-state index in [9.17, 15) is 0 Å². The van der Waals surface area contributed by atoms with Crippen molar-refractivity contribution in [1.82, 2.24) is 0 Å². The van der Waals surface area contributed by atoms with Crippen LogP contribution < -0.4 is 48.0 Å². The van der Waals surface area contributed by atoms with Crippen LogP contribution in [0.4, 0.5) is 0 Å². The van der Waals surface area contributed by atoms with E-state index in [4.69, 9.17) is 0 Å². The highest BCUT2D eigenvalue weighted by Gasteiger charge is 2.35. The van der Waals surface area contributed by atoms with Crippen LogP contribution in [0.5, 0.6) is 0 Å². The van der Waals surface area contributed by atoms with E-state index < -0.39 is 0 Å². The number of piperidine rings is 2. The molecule has 4 unspecified atom stereocenters. The van der Waals surface area contributed by atoms with Crippen LogP contribution in [0.15, 0.2) is 0 Å². The fourth-order valence-electron chi connectivity index (χ4n) is 8.80. The summed E-state index contributed by atoms with van der Waals surface area (Å²) in [6.45, 7) is 13.6. The van der Waals surface area contributed by atoms with Gasteiger partial charge in [-0.1, -0.05) is 13.8 Å². The van der Waals surface area contributed by atoms with E-state index in [1.165, 1.54) is 86.8 Å². The Balaban J connectivity index is 0.00000204. The Bertz CT molecular complexity index is 520. The van der Waals surface area contributed by atoms with Gasteiger partial charge in [0.15, 0.2) is 0 Å². The first-order valence-electron chi connectivity index (χ1n) is 15.0. The number of quaternary nitrogens is 2. The maximum Gasteiger partial charge on any atom is 0.0810 e. The second kappa shape index (κ2) is 14.5. The zero-order chi connectivity index (χ0) is 22.6. The summed E-state index contributed by atoms with van der Waals surface area (Å²) in [5.41, 5.74) is 0. The highest BCUT2D eigenvalue weighted by molar-refractivity contribution is 4.82. The van der Waals surface area contributed by atoms with Crippen molar-refractivity contribution in [3.8, 4) is 0 Å². The SMILES string of the molecule is CC1CCC[N+](C)(CCC2CCC(C3CCC(CC[N+]4(C)CCCC(C)C4)CC3)CC2)C1.[I-].[I-]. The lowest BCUT2D eigenvalue weighted by Gasteiger charge is -2.43. The number of hydrogen-bond donors (Lipinski definition) is 0. The zero-order valence-corrected chi connectivity index (χ0v) is 27.6. The molecule has 2 nitrogen and oxygen atoms in total. The largest absolute Gasteiger partial charge is 1.00 e. The topological polar surface area (TPSA) is 0 Å². The summed E-state index contributed by atoms with van der Waals surface area (Å²) >= 11 is 0. The second-order valence-electron chi connectivity index (χ2n) is 14.1. The Hall–Kier alpha value is 1.38. The van der Waals surface area contributed by atoms with E-state index in [0.717, 1.165) is 35.5 Å². The summed E-state index contributed by atoms with van der Waals surface area (Å²) in [6.07, 6.45) is 21.3. The summed E-state index contributed by atoms with van der Waals surface area (Å²) in [7, 11) is 5.10. The predicted molar refractivity (Wildman–Crippen MR) is 138 cm³/mol. The summed E-state index contributed by atoms with van der Waals surface area (Å²) in [6, 6.07) is 0. The maximum absolute atomic E-state index is 2.55. The molecule has 0 spiro atoms. The fourth-order valence-corrected chi connectivity index (χ4v) is 8.80. The Labute approximate surface area is 248 Å². The molecule has 0 aromatic carbocycles. The quantitative estimate of drug-likeness (QED) is 0.277. The van der Waals surface area contributed by atoms with Crippen LogP contribution >= 0.6 is 0 Å². The van der Waals surface area contributed by atoms with Gasteiger partial charge in [-0.2, -0.15) is 0 Å². The molecule has 4 fully saturated rings. The molecule has 0 aromatic rings. The van der Waals surface area contributed by atoms with Gasteiger partial charge in [-0.3, -0.25) is 0 Å². The molecule has 2 saturated heterocycles. The molecule has 34 heavy (non-hydrogen) atoms. The molecule has 4 aliphatic rings. The van der Waals surface area contributed by atoms with Gasteiger partial charge >= 0.3 is 0 Å². The Morgan fingerprint density at radius 2 is 0.882 bits per heavy atom. The van der Waals surface area contributed by atoms with E-state index in [2.05, 4.69) is 27.9 Å². The van der Waals surface area contributed by atoms with Gasteiger partial charge in [-0.05, 0) is 114 Å². The van der Waals surface area contributed by atoms with E-state index >= 15 is 0 Å². The van der Waals surface area contributed by atoms with Crippen LogP contribution in [0.2, 0.25) is 0 Å². The molecule has 202 valence electrons. The standard InChI is InChI=1S/C30H58N2.2HI/c1-25-7-5-19-31(3,23-25)21-17-27-9-13-29(14-10-27)30-15-11-28(12-16-30)18-22-32(4)20-6-8-26(2)24-32;;/h25-30H,5-24H2,1-4H3;2*1H/q+2;;/p-2. The van der Waals surface area contributed by atoms with E-state index in [1.807, 2.05) is 0 Å². The summed E-state index contributed by atoms with van der Waals surface area (Å²) in [5, 5.41) is 0. The first-order chi connectivity index (χ1) is 15.3. The third-order valence-electron chi connectivity index (χ3n) is 10.9. The van der Waals surface area contributed by atoms with Gasteiger partial charge in [0.05, 0.1) is 53.4 Å². The molecular formula is C30H58I2N2. The highest BCUT2D eigenvalue weighted by Crippen LogP contribution is 2.43. The van der Waals surface area contributed by atoms with Gasteiger partial charge in [0.25, 0.3) is 0 Å². The van der Waals surface area contributed by atoms with Crippen molar-refractivity contribution in [2.45, 2.75) is 104 Å².